The molecule has 1 aliphatic heterocycles. The zero-order valence-electron chi connectivity index (χ0n) is 15.1. The van der Waals surface area contributed by atoms with E-state index in [1.54, 1.807) is 6.08 Å². The van der Waals surface area contributed by atoms with Crippen LogP contribution < -0.4 is 0 Å². The number of benzene rings is 2. The summed E-state index contributed by atoms with van der Waals surface area (Å²) >= 11 is 0. The van der Waals surface area contributed by atoms with Crippen molar-refractivity contribution in [2.75, 3.05) is 6.61 Å². The average Bonchev–Trinajstić information content (AvgIpc) is 2.93. The third-order valence-electron chi connectivity index (χ3n) is 4.78. The van der Waals surface area contributed by atoms with Crippen LogP contribution in [0.15, 0.2) is 73.3 Å². The standard InChI is InChI=1S/C22H23NO3/c1-4-18(16-11-7-5-8-12-16)19(17-13-9-6-10-14-17)20(24)23-21(25)26-15-22(23,2)3/h4-14,18-19H,1,15H2,2-3H3/t18-,19-/m0/s1. The van der Waals surface area contributed by atoms with E-state index in [1.165, 1.54) is 4.90 Å². The van der Waals surface area contributed by atoms with Gasteiger partial charge in [0.05, 0.1) is 11.5 Å². The number of nitrogens with zero attached hydrogens (tertiary/aromatic N) is 1. The van der Waals surface area contributed by atoms with Crippen LogP contribution in [0.2, 0.25) is 0 Å². The molecule has 4 heteroatoms. The van der Waals surface area contributed by atoms with Crippen LogP contribution in [0.25, 0.3) is 0 Å². The summed E-state index contributed by atoms with van der Waals surface area (Å²) in [5, 5.41) is 0. The first-order valence-corrected chi connectivity index (χ1v) is 8.69. The molecule has 1 saturated heterocycles. The molecule has 1 heterocycles. The fourth-order valence-electron chi connectivity index (χ4n) is 3.45. The number of amides is 2. The summed E-state index contributed by atoms with van der Waals surface area (Å²) in [4.78, 5) is 27.0. The maximum Gasteiger partial charge on any atom is 0.417 e. The molecule has 0 aromatic heterocycles. The zero-order valence-corrected chi connectivity index (χ0v) is 15.1. The number of hydrogen-bond acceptors (Lipinski definition) is 3. The first-order valence-electron chi connectivity index (χ1n) is 8.69. The van der Waals surface area contributed by atoms with Crippen LogP contribution >= 0.6 is 0 Å². The van der Waals surface area contributed by atoms with Crippen molar-refractivity contribution in [2.24, 2.45) is 0 Å². The van der Waals surface area contributed by atoms with Gasteiger partial charge in [-0.2, -0.15) is 0 Å². The molecule has 0 radical (unpaired) electrons. The molecule has 2 aromatic carbocycles. The molecule has 26 heavy (non-hydrogen) atoms. The van der Waals surface area contributed by atoms with E-state index < -0.39 is 17.6 Å². The van der Waals surface area contributed by atoms with E-state index in [2.05, 4.69) is 6.58 Å². The zero-order chi connectivity index (χ0) is 18.7. The Morgan fingerprint density at radius 2 is 1.62 bits per heavy atom. The molecule has 0 aliphatic carbocycles. The van der Waals surface area contributed by atoms with Gasteiger partial charge in [-0.25, -0.2) is 9.69 Å². The predicted octanol–water partition coefficient (Wildman–Crippen LogP) is 4.50. The molecular weight excluding hydrogens is 326 g/mol. The molecule has 1 aliphatic rings. The highest BCUT2D eigenvalue weighted by atomic mass is 16.6. The van der Waals surface area contributed by atoms with Crippen LogP contribution in [-0.4, -0.2) is 29.0 Å². The second-order valence-electron chi connectivity index (χ2n) is 7.10. The van der Waals surface area contributed by atoms with Crippen molar-refractivity contribution in [3.63, 3.8) is 0 Å². The highest BCUT2D eigenvalue weighted by Gasteiger charge is 2.47. The number of hydrogen-bond donors (Lipinski definition) is 0. The van der Waals surface area contributed by atoms with Gasteiger partial charge in [0.1, 0.15) is 6.61 Å². The molecule has 2 amide bonds. The third-order valence-corrected chi connectivity index (χ3v) is 4.78. The van der Waals surface area contributed by atoms with Crippen molar-refractivity contribution < 1.29 is 14.3 Å². The molecule has 0 saturated carbocycles. The normalized spacial score (nSPS) is 18.1. The quantitative estimate of drug-likeness (QED) is 0.747. The van der Waals surface area contributed by atoms with E-state index in [0.29, 0.717) is 0 Å². The van der Waals surface area contributed by atoms with E-state index in [0.717, 1.165) is 11.1 Å². The maximum absolute atomic E-state index is 13.5. The summed E-state index contributed by atoms with van der Waals surface area (Å²) in [6.45, 7) is 7.83. The summed E-state index contributed by atoms with van der Waals surface area (Å²) in [6, 6.07) is 19.3. The molecule has 2 aromatic rings. The molecule has 2 atom stereocenters. The number of imide groups is 1. The van der Waals surface area contributed by atoms with Crippen molar-refractivity contribution in [1.82, 2.24) is 4.90 Å². The lowest BCUT2D eigenvalue weighted by Crippen LogP contribution is -2.48. The molecule has 4 nitrogen and oxygen atoms in total. The Labute approximate surface area is 154 Å². The van der Waals surface area contributed by atoms with Gasteiger partial charge in [0.25, 0.3) is 0 Å². The summed E-state index contributed by atoms with van der Waals surface area (Å²) < 4.78 is 5.15. The highest BCUT2D eigenvalue weighted by molar-refractivity contribution is 5.98. The lowest BCUT2D eigenvalue weighted by Gasteiger charge is -2.32. The van der Waals surface area contributed by atoms with Gasteiger partial charge in [-0.05, 0) is 25.0 Å². The lowest BCUT2D eigenvalue weighted by molar-refractivity contribution is -0.132. The number of cyclic esters (lactones) is 1. The maximum atomic E-state index is 13.5. The average molecular weight is 349 g/mol. The van der Waals surface area contributed by atoms with Gasteiger partial charge >= 0.3 is 6.09 Å². The van der Waals surface area contributed by atoms with Gasteiger partial charge in [-0.3, -0.25) is 4.79 Å². The Bertz CT molecular complexity index is 799. The molecule has 1 fully saturated rings. The van der Waals surface area contributed by atoms with Crippen molar-refractivity contribution >= 4 is 12.0 Å². The second kappa shape index (κ2) is 7.16. The monoisotopic (exact) mass is 349 g/mol. The number of rotatable bonds is 5. The van der Waals surface area contributed by atoms with Crippen molar-refractivity contribution in [2.45, 2.75) is 31.2 Å². The van der Waals surface area contributed by atoms with Crippen LogP contribution in [-0.2, 0) is 9.53 Å². The van der Waals surface area contributed by atoms with E-state index in [-0.39, 0.29) is 18.4 Å². The molecular formula is C22H23NO3. The smallest absolute Gasteiger partial charge is 0.417 e. The third kappa shape index (κ3) is 3.27. The summed E-state index contributed by atoms with van der Waals surface area (Å²) in [5.74, 6) is -1.08. The lowest BCUT2D eigenvalue weighted by atomic mass is 9.80. The molecule has 134 valence electrons. The second-order valence-corrected chi connectivity index (χ2v) is 7.10. The Hall–Kier alpha value is -2.88. The van der Waals surface area contributed by atoms with Gasteiger partial charge < -0.3 is 4.74 Å². The number of carbonyl (C=O) groups excluding carboxylic acids is 2. The molecule has 0 bridgehead atoms. The number of allylic oxidation sites excluding steroid dienone is 1. The van der Waals surface area contributed by atoms with Gasteiger partial charge in [0.15, 0.2) is 0 Å². The Morgan fingerprint density at radius 1 is 1.08 bits per heavy atom. The van der Waals surface area contributed by atoms with Crippen LogP contribution in [0, 0.1) is 0 Å². The van der Waals surface area contributed by atoms with E-state index in [9.17, 15) is 9.59 Å². The Balaban J connectivity index is 2.08. The van der Waals surface area contributed by atoms with Crippen molar-refractivity contribution in [3.8, 4) is 0 Å². The van der Waals surface area contributed by atoms with Crippen LogP contribution in [0.1, 0.15) is 36.8 Å². The SMILES string of the molecule is C=C[C@@H](c1ccccc1)[C@@H](C(=O)N1C(=O)OCC1(C)C)c1ccccc1. The van der Waals surface area contributed by atoms with E-state index in [4.69, 9.17) is 4.74 Å². The molecule has 3 rings (SSSR count). The van der Waals surface area contributed by atoms with Crippen LogP contribution in [0.4, 0.5) is 4.79 Å². The van der Waals surface area contributed by atoms with Gasteiger partial charge in [-0.15, -0.1) is 6.58 Å². The van der Waals surface area contributed by atoms with Gasteiger partial charge in [0, 0.05) is 5.92 Å². The van der Waals surface area contributed by atoms with Crippen LogP contribution in [0.5, 0.6) is 0 Å². The van der Waals surface area contributed by atoms with Crippen molar-refractivity contribution in [3.05, 3.63) is 84.4 Å². The van der Waals surface area contributed by atoms with E-state index in [1.807, 2.05) is 74.5 Å². The largest absolute Gasteiger partial charge is 0.447 e. The van der Waals surface area contributed by atoms with Gasteiger partial charge in [0.2, 0.25) is 5.91 Å². The number of carbonyl (C=O) groups is 2. The minimum absolute atomic E-state index is 0.198. The minimum Gasteiger partial charge on any atom is -0.447 e. The van der Waals surface area contributed by atoms with Crippen LogP contribution in [0.3, 0.4) is 0 Å². The fourth-order valence-corrected chi connectivity index (χ4v) is 3.45. The van der Waals surface area contributed by atoms with E-state index >= 15 is 0 Å². The topological polar surface area (TPSA) is 46.6 Å². The summed E-state index contributed by atoms with van der Waals surface area (Å²) in [6.07, 6.45) is 1.19. The fraction of sp³-hybridized carbons (Fsp3) is 0.273. The van der Waals surface area contributed by atoms with Crippen molar-refractivity contribution in [1.29, 1.82) is 0 Å². The highest BCUT2D eigenvalue weighted by Crippen LogP contribution is 2.38. The Kier molecular flexibility index (Phi) is 4.94. The molecule has 0 unspecified atom stereocenters. The van der Waals surface area contributed by atoms with Gasteiger partial charge in [-0.1, -0.05) is 66.7 Å². The molecule has 0 N–H and O–H groups in total. The first-order chi connectivity index (χ1) is 12.5. The first kappa shape index (κ1) is 17.9. The number of ether oxygens (including phenoxy) is 1. The minimum atomic E-state index is -0.677. The predicted molar refractivity (Wildman–Crippen MR) is 101 cm³/mol. The Morgan fingerprint density at radius 3 is 2.08 bits per heavy atom. The summed E-state index contributed by atoms with van der Waals surface area (Å²) in [7, 11) is 0. The molecule has 0 spiro atoms. The summed E-state index contributed by atoms with van der Waals surface area (Å²) in [5.41, 5.74) is 1.15.